The Hall–Kier alpha value is -4.01. The number of anilines is 1. The Labute approximate surface area is 179 Å². The van der Waals surface area contributed by atoms with Gasteiger partial charge in [0.1, 0.15) is 0 Å². The zero-order valence-corrected chi connectivity index (χ0v) is 17.3. The molecule has 0 aliphatic rings. The van der Waals surface area contributed by atoms with Crippen molar-refractivity contribution in [3.05, 3.63) is 77.4 Å². The van der Waals surface area contributed by atoms with E-state index in [1.54, 1.807) is 67.3 Å². The van der Waals surface area contributed by atoms with E-state index >= 15 is 0 Å². The van der Waals surface area contributed by atoms with E-state index in [0.717, 1.165) is 0 Å². The van der Waals surface area contributed by atoms with Gasteiger partial charge in [-0.05, 0) is 38.1 Å². The van der Waals surface area contributed by atoms with E-state index in [4.69, 9.17) is 4.74 Å². The van der Waals surface area contributed by atoms with Crippen molar-refractivity contribution in [2.75, 3.05) is 23.9 Å². The molecule has 3 rings (SSSR count). The zero-order chi connectivity index (χ0) is 22.2. The molecule has 9 nitrogen and oxygen atoms in total. The first-order valence-electron chi connectivity index (χ1n) is 9.70. The average Bonchev–Trinajstić information content (AvgIpc) is 3.07. The molecule has 31 heavy (non-hydrogen) atoms. The van der Waals surface area contributed by atoms with Gasteiger partial charge in [-0.25, -0.2) is 9.97 Å². The van der Waals surface area contributed by atoms with Gasteiger partial charge < -0.3 is 10.1 Å². The van der Waals surface area contributed by atoms with Crippen molar-refractivity contribution in [2.45, 2.75) is 20.3 Å². The summed E-state index contributed by atoms with van der Waals surface area (Å²) >= 11 is 0. The molecular formula is C22H23N5O4. The number of hydrogen-bond donors (Lipinski definition) is 2. The first kappa shape index (κ1) is 21.7. The van der Waals surface area contributed by atoms with Crippen molar-refractivity contribution >= 4 is 23.6 Å². The molecule has 160 valence electrons. The first-order valence-corrected chi connectivity index (χ1v) is 9.70. The number of rotatable bonds is 9. The molecule has 9 heteroatoms. The Morgan fingerprint density at radius 3 is 2.45 bits per heavy atom. The van der Waals surface area contributed by atoms with Gasteiger partial charge in [-0.1, -0.05) is 18.2 Å². The highest BCUT2D eigenvalue weighted by Crippen LogP contribution is 2.15. The second-order valence-electron chi connectivity index (χ2n) is 6.76. The number of ketones is 1. The highest BCUT2D eigenvalue weighted by molar-refractivity contribution is 6.01. The van der Waals surface area contributed by atoms with E-state index in [-0.39, 0.29) is 31.3 Å². The maximum Gasteiger partial charge on any atom is 0.308 e. The van der Waals surface area contributed by atoms with Gasteiger partial charge in [-0.2, -0.15) is 0 Å². The summed E-state index contributed by atoms with van der Waals surface area (Å²) < 4.78 is 6.63. The summed E-state index contributed by atoms with van der Waals surface area (Å²) in [4.78, 5) is 44.9. The lowest BCUT2D eigenvalue weighted by atomic mass is 10.1. The van der Waals surface area contributed by atoms with Crippen LogP contribution in [0.3, 0.4) is 0 Å². The number of carbonyl (C=O) groups excluding carboxylic acids is 3. The molecule has 0 unspecified atom stereocenters. The number of ether oxygens (including phenoxy) is 1. The predicted molar refractivity (Wildman–Crippen MR) is 114 cm³/mol. The Morgan fingerprint density at radius 1 is 1.03 bits per heavy atom. The van der Waals surface area contributed by atoms with Crippen molar-refractivity contribution < 1.29 is 19.1 Å². The fourth-order valence-corrected chi connectivity index (χ4v) is 2.94. The lowest BCUT2D eigenvalue weighted by molar-refractivity contribution is -0.142. The van der Waals surface area contributed by atoms with Gasteiger partial charge in [0.15, 0.2) is 6.61 Å². The van der Waals surface area contributed by atoms with Crippen LogP contribution in [0.1, 0.15) is 38.5 Å². The van der Waals surface area contributed by atoms with Crippen molar-refractivity contribution in [1.29, 1.82) is 0 Å². The van der Waals surface area contributed by atoms with Gasteiger partial charge in [0, 0.05) is 41.5 Å². The normalized spacial score (nSPS) is 10.4. The minimum Gasteiger partial charge on any atom is -0.457 e. The van der Waals surface area contributed by atoms with E-state index in [2.05, 4.69) is 20.7 Å². The number of carbonyl (C=O) groups is 3. The van der Waals surface area contributed by atoms with Crippen LogP contribution in [0, 0.1) is 13.8 Å². The lowest BCUT2D eigenvalue weighted by Gasteiger charge is -2.11. The first-order chi connectivity index (χ1) is 15.0. The molecular weight excluding hydrogens is 398 g/mol. The molecule has 2 N–H and O–H groups in total. The van der Waals surface area contributed by atoms with Gasteiger partial charge in [0.05, 0.1) is 6.42 Å². The largest absolute Gasteiger partial charge is 0.457 e. The molecule has 0 radical (unpaired) electrons. The topological polar surface area (TPSA) is 115 Å². The third-order valence-corrected chi connectivity index (χ3v) is 4.52. The van der Waals surface area contributed by atoms with Gasteiger partial charge >= 0.3 is 5.97 Å². The second kappa shape index (κ2) is 10.1. The van der Waals surface area contributed by atoms with Crippen LogP contribution in [0.15, 0.2) is 54.9 Å². The van der Waals surface area contributed by atoms with E-state index in [9.17, 15) is 14.4 Å². The molecule has 1 amide bonds. The molecule has 0 saturated heterocycles. The summed E-state index contributed by atoms with van der Waals surface area (Å²) in [6, 6.07) is 12.1. The Bertz CT molecular complexity index is 1060. The quantitative estimate of drug-likeness (QED) is 0.403. The molecule has 0 bridgehead atoms. The highest BCUT2D eigenvalue weighted by Gasteiger charge is 2.19. The molecule has 1 aromatic carbocycles. The smallest absolute Gasteiger partial charge is 0.308 e. The summed E-state index contributed by atoms with van der Waals surface area (Å²) in [5.41, 5.74) is 4.91. The van der Waals surface area contributed by atoms with Gasteiger partial charge in [0.2, 0.25) is 11.7 Å². The number of hydrogen-bond acceptors (Lipinski definition) is 7. The van der Waals surface area contributed by atoms with Gasteiger partial charge in [-0.15, -0.1) is 0 Å². The van der Waals surface area contributed by atoms with Crippen LogP contribution in [-0.2, 0) is 9.53 Å². The maximum atomic E-state index is 12.5. The van der Waals surface area contributed by atoms with Gasteiger partial charge in [-0.3, -0.25) is 24.5 Å². The third kappa shape index (κ3) is 5.75. The fraction of sp³-hybridized carbons (Fsp3) is 0.227. The van der Waals surface area contributed by atoms with Crippen molar-refractivity contribution in [3.63, 3.8) is 0 Å². The Kier molecular flexibility index (Phi) is 7.10. The summed E-state index contributed by atoms with van der Waals surface area (Å²) in [5, 5.41) is 2.89. The second-order valence-corrected chi connectivity index (χ2v) is 6.76. The van der Waals surface area contributed by atoms with Crippen LogP contribution < -0.4 is 10.7 Å². The summed E-state index contributed by atoms with van der Waals surface area (Å²) in [5.74, 6) is -0.733. The zero-order valence-electron chi connectivity index (χ0n) is 17.3. The van der Waals surface area contributed by atoms with Crippen LogP contribution in [0.2, 0.25) is 0 Å². The van der Waals surface area contributed by atoms with E-state index < -0.39 is 5.97 Å². The van der Waals surface area contributed by atoms with E-state index in [1.807, 2.05) is 6.07 Å². The predicted octanol–water partition coefficient (Wildman–Crippen LogP) is 2.51. The summed E-state index contributed by atoms with van der Waals surface area (Å²) in [6.07, 6.45) is 3.24. The lowest BCUT2D eigenvalue weighted by Crippen LogP contribution is -2.25. The maximum absolute atomic E-state index is 12.5. The molecule has 0 atom stereocenters. The molecule has 2 aromatic heterocycles. The number of nitrogens with zero attached hydrogens (tertiary/aromatic N) is 3. The monoisotopic (exact) mass is 421 g/mol. The van der Waals surface area contributed by atoms with Crippen LogP contribution in [0.25, 0.3) is 0 Å². The molecule has 3 aromatic rings. The van der Waals surface area contributed by atoms with Crippen molar-refractivity contribution in [3.8, 4) is 0 Å². The number of amides is 1. The SMILES string of the molecule is Cc1cc(C(=O)COC(=O)CCNc2ncccn2)c(C)n1NC(=O)c1ccccc1. The van der Waals surface area contributed by atoms with Crippen LogP contribution >= 0.6 is 0 Å². The fourth-order valence-electron chi connectivity index (χ4n) is 2.94. The highest BCUT2D eigenvalue weighted by atomic mass is 16.5. The molecule has 0 fully saturated rings. The standard InChI is InChI=1S/C22H23N5O4/c1-15-13-18(16(2)27(15)26-21(30)17-7-4-3-5-8-17)19(28)14-31-20(29)9-12-25-22-23-10-6-11-24-22/h3-8,10-11,13H,9,12,14H2,1-2H3,(H,26,30)(H,23,24,25). The van der Waals surface area contributed by atoms with Crippen LogP contribution in [0.5, 0.6) is 0 Å². The Balaban J connectivity index is 1.52. The molecule has 0 saturated carbocycles. The van der Waals surface area contributed by atoms with Crippen molar-refractivity contribution in [2.24, 2.45) is 0 Å². The molecule has 0 aliphatic heterocycles. The number of esters is 1. The van der Waals surface area contributed by atoms with Crippen molar-refractivity contribution in [1.82, 2.24) is 14.6 Å². The number of benzene rings is 1. The van der Waals surface area contributed by atoms with E-state index in [1.165, 1.54) is 0 Å². The number of nitrogens with one attached hydrogen (secondary N) is 2. The van der Waals surface area contributed by atoms with Crippen LogP contribution in [0.4, 0.5) is 5.95 Å². The number of Topliss-reactive ketones (excluding diaryl/α,β-unsaturated/α-hetero) is 1. The number of aromatic nitrogens is 3. The molecule has 2 heterocycles. The average molecular weight is 421 g/mol. The van der Waals surface area contributed by atoms with Gasteiger partial charge in [0.25, 0.3) is 5.91 Å². The Morgan fingerprint density at radius 2 is 1.74 bits per heavy atom. The third-order valence-electron chi connectivity index (χ3n) is 4.52. The number of aryl methyl sites for hydroxylation is 1. The van der Waals surface area contributed by atoms with E-state index in [0.29, 0.717) is 28.5 Å². The molecule has 0 spiro atoms. The molecule has 0 aliphatic carbocycles. The minimum absolute atomic E-state index is 0.0672. The van der Waals surface area contributed by atoms with Crippen LogP contribution in [-0.4, -0.2) is 45.5 Å². The summed E-state index contributed by atoms with van der Waals surface area (Å²) in [7, 11) is 0. The summed E-state index contributed by atoms with van der Waals surface area (Å²) in [6.45, 7) is 3.41. The minimum atomic E-state index is -0.511.